The Bertz CT molecular complexity index is 1690. The van der Waals surface area contributed by atoms with Crippen molar-refractivity contribution in [2.24, 2.45) is 17.6 Å². The number of carbonyl (C=O) groups is 4. The predicted octanol–water partition coefficient (Wildman–Crippen LogP) is 1.39. The minimum absolute atomic E-state index is 0.0124. The van der Waals surface area contributed by atoms with Crippen molar-refractivity contribution in [2.45, 2.75) is 37.3 Å². The molecule has 1 fully saturated rings. The molecule has 3 aliphatic carbocycles. The minimum atomic E-state index is -2.73. The number of primary amides is 1. The highest BCUT2D eigenvalue weighted by atomic mass is 16.5. The molecule has 5 rings (SSSR count). The van der Waals surface area contributed by atoms with Gasteiger partial charge in [0, 0.05) is 49.7 Å². The molecule has 1 amide bonds. The van der Waals surface area contributed by atoms with E-state index < -0.39 is 58.0 Å². The van der Waals surface area contributed by atoms with E-state index in [0.29, 0.717) is 17.0 Å². The number of nitrogens with two attached hydrogens (primary N) is 1. The second-order valence-electron chi connectivity index (χ2n) is 12.4. The fourth-order valence-electron chi connectivity index (χ4n) is 7.13. The van der Waals surface area contributed by atoms with Gasteiger partial charge in [0.1, 0.15) is 34.4 Å². The maximum atomic E-state index is 14.1. The standard InChI is InChI=1S/C33H37N3O9/c1-35(2)22-14-17(11-18(37)10-15-6-8-19(45-5)9-7-15)27(38)24-20(22)12-16-13-21-26(36(3)4)29(40)25(32(34)43)31(42)33(21,44)30(41)23(16)28(24)39/h6-9,14,16,21,26,38-39,42,44H,10-13H2,1-5H3,(H2,34,43)/t16-,21-,26+,33-/m0/s1. The molecular weight excluding hydrogens is 582 g/mol. The molecule has 2 aromatic rings. The molecule has 1 saturated carbocycles. The summed E-state index contributed by atoms with van der Waals surface area (Å²) >= 11 is 0. The van der Waals surface area contributed by atoms with Crippen molar-refractivity contribution in [1.29, 1.82) is 0 Å². The second-order valence-corrected chi connectivity index (χ2v) is 12.4. The van der Waals surface area contributed by atoms with Crippen LogP contribution in [0.15, 0.2) is 47.2 Å². The lowest BCUT2D eigenvalue weighted by molar-refractivity contribution is -0.153. The van der Waals surface area contributed by atoms with Crippen LogP contribution >= 0.6 is 0 Å². The van der Waals surface area contributed by atoms with Gasteiger partial charge >= 0.3 is 0 Å². The molecule has 12 nitrogen and oxygen atoms in total. The number of phenols is 1. The number of hydrogen-bond donors (Lipinski definition) is 5. The molecule has 12 heteroatoms. The van der Waals surface area contributed by atoms with Crippen molar-refractivity contribution in [3.05, 3.63) is 69.5 Å². The van der Waals surface area contributed by atoms with Gasteiger partial charge in [-0.3, -0.25) is 24.1 Å². The number of likely N-dealkylation sites (N-methyl/N-ethyl adjacent to an activating group) is 1. The van der Waals surface area contributed by atoms with E-state index in [4.69, 9.17) is 10.5 Å². The molecule has 238 valence electrons. The largest absolute Gasteiger partial charge is 0.508 e. The number of anilines is 1. The molecule has 0 spiro atoms. The Morgan fingerprint density at radius 1 is 1.04 bits per heavy atom. The lowest BCUT2D eigenvalue weighted by Gasteiger charge is -2.50. The van der Waals surface area contributed by atoms with Gasteiger partial charge in [-0.2, -0.15) is 0 Å². The van der Waals surface area contributed by atoms with Gasteiger partial charge in [0.15, 0.2) is 11.4 Å². The third-order valence-electron chi connectivity index (χ3n) is 9.21. The Labute approximate surface area is 260 Å². The number of benzene rings is 2. The average Bonchev–Trinajstić information content (AvgIpc) is 2.96. The topological polar surface area (TPSA) is 191 Å². The molecule has 0 unspecified atom stereocenters. The molecule has 0 aliphatic heterocycles. The van der Waals surface area contributed by atoms with Crippen molar-refractivity contribution in [3.63, 3.8) is 0 Å². The number of nitrogens with zero attached hydrogens (tertiary/aromatic N) is 2. The van der Waals surface area contributed by atoms with Crippen LogP contribution in [0.5, 0.6) is 11.5 Å². The Morgan fingerprint density at radius 3 is 2.24 bits per heavy atom. The van der Waals surface area contributed by atoms with Crippen LogP contribution in [-0.4, -0.2) is 95.5 Å². The van der Waals surface area contributed by atoms with Crippen LogP contribution in [0.4, 0.5) is 5.69 Å². The number of aliphatic hydroxyl groups excluding tert-OH is 2. The van der Waals surface area contributed by atoms with Gasteiger partial charge < -0.3 is 35.8 Å². The van der Waals surface area contributed by atoms with Crippen molar-refractivity contribution >= 4 is 34.7 Å². The van der Waals surface area contributed by atoms with E-state index >= 15 is 0 Å². The number of hydrogen-bond acceptors (Lipinski definition) is 11. The van der Waals surface area contributed by atoms with Gasteiger partial charge in [-0.25, -0.2) is 0 Å². The first-order chi connectivity index (χ1) is 21.1. The highest BCUT2D eigenvalue weighted by Crippen LogP contribution is 2.54. The van der Waals surface area contributed by atoms with Gasteiger partial charge in [0.2, 0.25) is 5.78 Å². The zero-order chi connectivity index (χ0) is 33.1. The molecule has 2 aromatic carbocycles. The second kappa shape index (κ2) is 11.4. The van der Waals surface area contributed by atoms with Gasteiger partial charge in [-0.1, -0.05) is 12.1 Å². The minimum Gasteiger partial charge on any atom is -0.508 e. The van der Waals surface area contributed by atoms with Gasteiger partial charge in [-0.15, -0.1) is 0 Å². The Hall–Kier alpha value is -4.68. The van der Waals surface area contributed by atoms with E-state index in [1.807, 2.05) is 0 Å². The number of amides is 1. The van der Waals surface area contributed by atoms with E-state index in [2.05, 4.69) is 0 Å². The number of methoxy groups -OCH3 is 1. The van der Waals surface area contributed by atoms with Crippen LogP contribution in [0.1, 0.15) is 28.7 Å². The normalized spacial score (nSPS) is 24.3. The molecule has 0 saturated heterocycles. The van der Waals surface area contributed by atoms with Gasteiger partial charge in [0.05, 0.1) is 18.7 Å². The molecule has 45 heavy (non-hydrogen) atoms. The van der Waals surface area contributed by atoms with E-state index in [1.165, 1.54) is 4.90 Å². The molecule has 0 radical (unpaired) electrons. The highest BCUT2D eigenvalue weighted by molar-refractivity contribution is 6.24. The summed E-state index contributed by atoms with van der Waals surface area (Å²) in [7, 11) is 8.18. The third kappa shape index (κ3) is 4.94. The number of phenolic OH excluding ortho intramolecular Hbond substituents is 1. The Balaban J connectivity index is 1.61. The number of carbonyl (C=O) groups excluding carboxylic acids is 4. The highest BCUT2D eigenvalue weighted by Gasteiger charge is 2.64. The molecule has 0 bridgehead atoms. The average molecular weight is 620 g/mol. The number of Topliss-reactive ketones (excluding diaryl/α,β-unsaturated/α-hetero) is 3. The Kier molecular flexibility index (Phi) is 8.01. The molecule has 4 atom stereocenters. The summed E-state index contributed by atoms with van der Waals surface area (Å²) < 4.78 is 5.16. The van der Waals surface area contributed by atoms with Crippen molar-refractivity contribution in [1.82, 2.24) is 4.90 Å². The number of aliphatic hydroxyl groups is 3. The van der Waals surface area contributed by atoms with Gasteiger partial charge in [-0.05, 0) is 62.2 Å². The third-order valence-corrected chi connectivity index (χ3v) is 9.21. The fourth-order valence-corrected chi connectivity index (χ4v) is 7.13. The molecule has 0 aromatic heterocycles. The van der Waals surface area contributed by atoms with E-state index in [1.54, 1.807) is 70.5 Å². The Morgan fingerprint density at radius 2 is 1.69 bits per heavy atom. The van der Waals surface area contributed by atoms with Crippen LogP contribution in [-0.2, 0) is 38.4 Å². The summed E-state index contributed by atoms with van der Waals surface area (Å²) in [6.07, 6.45) is 0.0483. The summed E-state index contributed by atoms with van der Waals surface area (Å²) in [5, 5.41) is 46.0. The summed E-state index contributed by atoms with van der Waals surface area (Å²) in [6.45, 7) is 0. The zero-order valence-corrected chi connectivity index (χ0v) is 25.7. The van der Waals surface area contributed by atoms with E-state index in [-0.39, 0.29) is 53.9 Å². The molecule has 0 heterocycles. The molecule has 3 aliphatic rings. The number of fused-ring (bicyclic) bond motifs is 3. The van der Waals surface area contributed by atoms with Crippen LogP contribution < -0.4 is 15.4 Å². The van der Waals surface area contributed by atoms with Crippen LogP contribution in [0, 0.1) is 11.8 Å². The maximum Gasteiger partial charge on any atom is 0.255 e. The SMILES string of the molecule is COc1ccc(CC(=O)Cc2cc(N(C)C)c3c(c2O)C(O)=C2C(=O)[C@]4(O)C(O)=C(C(N)=O)C(=O)[C@H](N(C)C)[C@@H]4C[C@@H]2C3)cc1. The number of rotatable bonds is 8. The predicted molar refractivity (Wildman–Crippen MR) is 164 cm³/mol. The lowest BCUT2D eigenvalue weighted by atomic mass is 9.57. The maximum absolute atomic E-state index is 14.1. The van der Waals surface area contributed by atoms with Crippen LogP contribution in [0.25, 0.3) is 5.76 Å². The first-order valence-corrected chi connectivity index (χ1v) is 14.5. The number of ether oxygens (including phenoxy) is 1. The van der Waals surface area contributed by atoms with Crippen molar-refractivity contribution in [3.8, 4) is 11.5 Å². The van der Waals surface area contributed by atoms with Crippen LogP contribution in [0.2, 0.25) is 0 Å². The first-order valence-electron chi connectivity index (χ1n) is 14.5. The number of ketones is 3. The summed E-state index contributed by atoms with van der Waals surface area (Å²) in [4.78, 5) is 56.0. The summed E-state index contributed by atoms with van der Waals surface area (Å²) in [5.41, 5.74) is 3.61. The monoisotopic (exact) mass is 619 g/mol. The first kappa shape index (κ1) is 31.7. The lowest BCUT2D eigenvalue weighted by Crippen LogP contribution is -2.65. The summed E-state index contributed by atoms with van der Waals surface area (Å²) in [6, 6.07) is 7.54. The van der Waals surface area contributed by atoms with E-state index in [0.717, 1.165) is 5.56 Å². The summed E-state index contributed by atoms with van der Waals surface area (Å²) in [5.74, 6) is -6.74. The van der Waals surface area contributed by atoms with Gasteiger partial charge in [0.25, 0.3) is 5.91 Å². The molecule has 6 N–H and O–H groups in total. The quantitative estimate of drug-likeness (QED) is 0.268. The van der Waals surface area contributed by atoms with Crippen molar-refractivity contribution < 1.29 is 44.3 Å². The van der Waals surface area contributed by atoms with Crippen LogP contribution in [0.3, 0.4) is 0 Å². The van der Waals surface area contributed by atoms with Crippen molar-refractivity contribution in [2.75, 3.05) is 40.2 Å². The zero-order valence-electron chi connectivity index (χ0n) is 25.7. The van der Waals surface area contributed by atoms with E-state index in [9.17, 15) is 39.6 Å². The number of aromatic hydroxyl groups is 1. The fraction of sp³-hybridized carbons (Fsp3) is 0.394. The smallest absolute Gasteiger partial charge is 0.255 e. The molecular formula is C33H37N3O9.